The Kier molecular flexibility index (Phi) is 7.01. The van der Waals surface area contributed by atoms with E-state index in [1.165, 1.54) is 0 Å². The van der Waals surface area contributed by atoms with Gasteiger partial charge >= 0.3 is 6.03 Å². The molecule has 0 bridgehead atoms. The number of amides is 2. The Labute approximate surface area is 149 Å². The van der Waals surface area contributed by atoms with Gasteiger partial charge in [0.15, 0.2) is 0 Å². The van der Waals surface area contributed by atoms with Crippen molar-refractivity contribution in [2.45, 2.75) is 52.2 Å². The van der Waals surface area contributed by atoms with E-state index in [-0.39, 0.29) is 18.1 Å². The molecule has 0 saturated carbocycles. The van der Waals surface area contributed by atoms with Crippen LogP contribution in [-0.2, 0) is 6.54 Å². The molecule has 0 radical (unpaired) electrons. The van der Waals surface area contributed by atoms with E-state index in [2.05, 4.69) is 29.6 Å². The standard InChI is InChI=1S/C19H28N4O2/c1-4-17(24)10-11-20-19(25)21-12-15-13-23(22-18(15)14(2)3)16-8-6-5-7-9-16/h5-9,13-14,17,24H,4,10-12H2,1-3H3,(H2,20,21,25). The molecule has 0 fully saturated rings. The van der Waals surface area contributed by atoms with Crippen molar-refractivity contribution in [3.8, 4) is 5.69 Å². The zero-order valence-electron chi connectivity index (χ0n) is 15.2. The second-order valence-electron chi connectivity index (χ2n) is 6.43. The Morgan fingerprint density at radius 3 is 2.60 bits per heavy atom. The fraction of sp³-hybridized carbons (Fsp3) is 0.474. The Bertz CT molecular complexity index is 667. The summed E-state index contributed by atoms with van der Waals surface area (Å²) in [5.74, 6) is 0.268. The summed E-state index contributed by atoms with van der Waals surface area (Å²) in [6, 6.07) is 9.69. The van der Waals surface area contributed by atoms with E-state index in [9.17, 15) is 9.90 Å². The van der Waals surface area contributed by atoms with Crippen LogP contribution in [0.25, 0.3) is 5.69 Å². The van der Waals surface area contributed by atoms with Crippen LogP contribution in [0.1, 0.15) is 50.8 Å². The highest BCUT2D eigenvalue weighted by Crippen LogP contribution is 2.19. The SMILES string of the molecule is CCC(O)CCNC(=O)NCc1cn(-c2ccccc2)nc1C(C)C. The van der Waals surface area contributed by atoms with Gasteiger partial charge in [0.2, 0.25) is 0 Å². The molecule has 2 aromatic rings. The molecule has 1 unspecified atom stereocenters. The van der Waals surface area contributed by atoms with Crippen LogP contribution in [0, 0.1) is 0 Å². The van der Waals surface area contributed by atoms with E-state index >= 15 is 0 Å². The number of aliphatic hydroxyl groups excluding tert-OH is 1. The van der Waals surface area contributed by atoms with Gasteiger partial charge in [-0.05, 0) is 30.9 Å². The average molecular weight is 344 g/mol. The minimum absolute atomic E-state index is 0.231. The van der Waals surface area contributed by atoms with Crippen LogP contribution >= 0.6 is 0 Å². The molecule has 1 atom stereocenters. The lowest BCUT2D eigenvalue weighted by atomic mass is 10.1. The monoisotopic (exact) mass is 344 g/mol. The molecule has 136 valence electrons. The number of benzene rings is 1. The Morgan fingerprint density at radius 1 is 1.24 bits per heavy atom. The fourth-order valence-electron chi connectivity index (χ4n) is 2.55. The zero-order valence-corrected chi connectivity index (χ0v) is 15.2. The quantitative estimate of drug-likeness (QED) is 0.689. The lowest BCUT2D eigenvalue weighted by molar-refractivity contribution is 0.160. The number of nitrogens with zero attached hydrogens (tertiary/aromatic N) is 2. The summed E-state index contributed by atoms with van der Waals surface area (Å²) in [6.45, 7) is 6.98. The lowest BCUT2D eigenvalue weighted by Crippen LogP contribution is -2.36. The van der Waals surface area contributed by atoms with E-state index in [0.717, 1.165) is 16.9 Å². The first-order chi connectivity index (χ1) is 12.0. The summed E-state index contributed by atoms with van der Waals surface area (Å²) in [5, 5.41) is 19.8. The third-order valence-corrected chi connectivity index (χ3v) is 4.06. The van der Waals surface area contributed by atoms with Crippen molar-refractivity contribution in [2.75, 3.05) is 6.54 Å². The first-order valence-electron chi connectivity index (χ1n) is 8.84. The van der Waals surface area contributed by atoms with Crippen LogP contribution in [0.2, 0.25) is 0 Å². The number of urea groups is 1. The molecule has 0 spiro atoms. The molecule has 0 saturated heterocycles. The summed E-state index contributed by atoms with van der Waals surface area (Å²) in [5.41, 5.74) is 2.97. The van der Waals surface area contributed by atoms with Gasteiger partial charge in [-0.3, -0.25) is 0 Å². The summed E-state index contributed by atoms with van der Waals surface area (Å²) in [4.78, 5) is 11.9. The van der Waals surface area contributed by atoms with E-state index in [4.69, 9.17) is 0 Å². The normalized spacial score (nSPS) is 12.2. The Hall–Kier alpha value is -2.34. The second-order valence-corrected chi connectivity index (χ2v) is 6.43. The molecule has 2 rings (SSSR count). The van der Waals surface area contributed by atoms with Crippen LogP contribution in [0.4, 0.5) is 4.79 Å². The topological polar surface area (TPSA) is 79.2 Å². The number of carbonyl (C=O) groups is 1. The van der Waals surface area contributed by atoms with Gasteiger partial charge in [0.25, 0.3) is 0 Å². The number of nitrogens with one attached hydrogen (secondary N) is 2. The van der Waals surface area contributed by atoms with Crippen molar-refractivity contribution in [2.24, 2.45) is 0 Å². The molecule has 0 aliphatic carbocycles. The van der Waals surface area contributed by atoms with Gasteiger partial charge in [-0.15, -0.1) is 0 Å². The van der Waals surface area contributed by atoms with Gasteiger partial charge in [-0.2, -0.15) is 5.10 Å². The maximum Gasteiger partial charge on any atom is 0.315 e. The summed E-state index contributed by atoms with van der Waals surface area (Å²) in [7, 11) is 0. The van der Waals surface area contributed by atoms with Crippen molar-refractivity contribution in [1.82, 2.24) is 20.4 Å². The van der Waals surface area contributed by atoms with Gasteiger partial charge in [0.1, 0.15) is 0 Å². The predicted octanol–water partition coefficient (Wildman–Crippen LogP) is 2.96. The predicted molar refractivity (Wildman–Crippen MR) is 98.8 cm³/mol. The lowest BCUT2D eigenvalue weighted by Gasteiger charge is -2.10. The minimum Gasteiger partial charge on any atom is -0.393 e. The molecule has 25 heavy (non-hydrogen) atoms. The van der Waals surface area contributed by atoms with Gasteiger partial charge in [-0.1, -0.05) is 39.0 Å². The molecular weight excluding hydrogens is 316 g/mol. The van der Waals surface area contributed by atoms with Crippen LogP contribution in [0.5, 0.6) is 0 Å². The number of hydrogen-bond acceptors (Lipinski definition) is 3. The number of rotatable bonds is 8. The zero-order chi connectivity index (χ0) is 18.2. The third-order valence-electron chi connectivity index (χ3n) is 4.06. The fourth-order valence-corrected chi connectivity index (χ4v) is 2.55. The second kappa shape index (κ2) is 9.22. The minimum atomic E-state index is -0.364. The summed E-state index contributed by atoms with van der Waals surface area (Å²) >= 11 is 0. The number of hydrogen-bond donors (Lipinski definition) is 3. The highest BCUT2D eigenvalue weighted by Gasteiger charge is 2.14. The highest BCUT2D eigenvalue weighted by atomic mass is 16.3. The van der Waals surface area contributed by atoms with E-state index in [0.29, 0.717) is 25.9 Å². The first kappa shape index (κ1) is 19.0. The molecule has 3 N–H and O–H groups in total. The molecule has 6 heteroatoms. The van der Waals surface area contributed by atoms with Crippen molar-refractivity contribution >= 4 is 6.03 Å². The Balaban J connectivity index is 1.97. The number of aliphatic hydroxyl groups is 1. The van der Waals surface area contributed by atoms with Gasteiger partial charge in [0, 0.05) is 24.8 Å². The number of para-hydroxylation sites is 1. The molecule has 2 amide bonds. The van der Waals surface area contributed by atoms with Crippen LogP contribution in [-0.4, -0.2) is 33.6 Å². The molecular formula is C19H28N4O2. The van der Waals surface area contributed by atoms with E-state index in [1.54, 1.807) is 0 Å². The molecule has 0 aliphatic heterocycles. The van der Waals surface area contributed by atoms with Gasteiger partial charge in [-0.25, -0.2) is 9.48 Å². The molecule has 1 aromatic heterocycles. The highest BCUT2D eigenvalue weighted by molar-refractivity contribution is 5.73. The van der Waals surface area contributed by atoms with Crippen molar-refractivity contribution in [3.05, 3.63) is 47.8 Å². The number of aromatic nitrogens is 2. The smallest absolute Gasteiger partial charge is 0.315 e. The maximum atomic E-state index is 11.9. The van der Waals surface area contributed by atoms with Crippen molar-refractivity contribution < 1.29 is 9.90 Å². The summed E-state index contributed by atoms with van der Waals surface area (Å²) < 4.78 is 1.85. The van der Waals surface area contributed by atoms with Crippen molar-refractivity contribution in [1.29, 1.82) is 0 Å². The largest absolute Gasteiger partial charge is 0.393 e. The molecule has 1 aromatic carbocycles. The number of carbonyl (C=O) groups excluding carboxylic acids is 1. The van der Waals surface area contributed by atoms with Gasteiger partial charge < -0.3 is 15.7 Å². The van der Waals surface area contributed by atoms with Crippen LogP contribution in [0.3, 0.4) is 0 Å². The van der Waals surface area contributed by atoms with Crippen LogP contribution in [0.15, 0.2) is 36.5 Å². The van der Waals surface area contributed by atoms with Gasteiger partial charge in [0.05, 0.1) is 17.5 Å². The van der Waals surface area contributed by atoms with Crippen molar-refractivity contribution in [3.63, 3.8) is 0 Å². The maximum absolute atomic E-state index is 11.9. The van der Waals surface area contributed by atoms with E-state index < -0.39 is 0 Å². The average Bonchev–Trinajstić information content (AvgIpc) is 3.05. The Morgan fingerprint density at radius 2 is 1.96 bits per heavy atom. The summed E-state index contributed by atoms with van der Waals surface area (Å²) in [6.07, 6.45) is 2.86. The third kappa shape index (κ3) is 5.60. The molecule has 6 nitrogen and oxygen atoms in total. The first-order valence-corrected chi connectivity index (χ1v) is 8.84. The van der Waals surface area contributed by atoms with Crippen LogP contribution < -0.4 is 10.6 Å². The molecule has 1 heterocycles. The molecule has 0 aliphatic rings. The van der Waals surface area contributed by atoms with E-state index in [1.807, 2.05) is 48.1 Å².